The van der Waals surface area contributed by atoms with Crippen LogP contribution in [-0.4, -0.2) is 26.7 Å². The quantitative estimate of drug-likeness (QED) is 0.164. The van der Waals surface area contributed by atoms with E-state index in [1.807, 2.05) is 19.3 Å². The fraction of sp³-hybridized carbons (Fsp3) is 0.370. The zero-order valence-electron chi connectivity index (χ0n) is 38.6. The van der Waals surface area contributed by atoms with E-state index in [0.29, 0.717) is 0 Å². The normalized spacial score (nSPS) is 13.5. The Hall–Kier alpha value is -5.42. The second kappa shape index (κ2) is 15.6. The van der Waals surface area contributed by atoms with Crippen LogP contribution in [-0.2, 0) is 23.3 Å². The zero-order chi connectivity index (χ0) is 43.4. The van der Waals surface area contributed by atoms with Gasteiger partial charge in [0.2, 0.25) is 0 Å². The van der Waals surface area contributed by atoms with E-state index in [-0.39, 0.29) is 27.4 Å². The molecule has 2 aromatic heterocycles. The molecule has 0 aliphatic heterocycles. The molecule has 0 saturated heterocycles. The van der Waals surface area contributed by atoms with Crippen LogP contribution in [0.3, 0.4) is 0 Å². The number of nitrogens with zero attached hydrogens (tertiary/aromatic N) is 4. The highest BCUT2D eigenvalue weighted by Gasteiger charge is 2.24. The number of para-hydroxylation sites is 1. The van der Waals surface area contributed by atoms with Crippen LogP contribution in [0.5, 0.6) is 5.75 Å². The van der Waals surface area contributed by atoms with Crippen molar-refractivity contribution in [2.45, 2.75) is 113 Å². The minimum Gasteiger partial charge on any atom is -0.507 e. The third kappa shape index (κ3) is 9.10. The van der Waals surface area contributed by atoms with Gasteiger partial charge < -0.3 is 14.6 Å². The number of rotatable bonds is 7. The van der Waals surface area contributed by atoms with Crippen LogP contribution in [0, 0.1) is 5.41 Å². The van der Waals surface area contributed by atoms with E-state index < -0.39 is 0 Å². The number of phenols is 1. The summed E-state index contributed by atoms with van der Waals surface area (Å²) in [6.45, 7) is 31.6. The van der Waals surface area contributed by atoms with Crippen LogP contribution < -0.4 is 4.90 Å². The lowest BCUT2D eigenvalue weighted by molar-refractivity contribution is 0.475. The van der Waals surface area contributed by atoms with Gasteiger partial charge in [-0.3, -0.25) is 4.98 Å². The lowest BCUT2D eigenvalue weighted by Gasteiger charge is -2.30. The van der Waals surface area contributed by atoms with Gasteiger partial charge >= 0.3 is 0 Å². The molecule has 5 nitrogen and oxygen atoms in total. The van der Waals surface area contributed by atoms with Crippen molar-refractivity contribution < 1.29 is 5.11 Å². The van der Waals surface area contributed by atoms with E-state index in [0.717, 1.165) is 55.9 Å². The number of aryl methyl sites for hydroxylation is 1. The first-order valence-electron chi connectivity index (χ1n) is 21.0. The third-order valence-electron chi connectivity index (χ3n) is 12.0. The molecule has 5 heteroatoms. The van der Waals surface area contributed by atoms with Gasteiger partial charge in [-0.1, -0.05) is 137 Å². The summed E-state index contributed by atoms with van der Waals surface area (Å²) in [5.74, 6) is 0.959. The van der Waals surface area contributed by atoms with Crippen molar-refractivity contribution in [3.63, 3.8) is 0 Å². The van der Waals surface area contributed by atoms with Crippen LogP contribution >= 0.6 is 0 Å². The molecule has 308 valence electrons. The summed E-state index contributed by atoms with van der Waals surface area (Å²) in [4.78, 5) is 12.5. The summed E-state index contributed by atoms with van der Waals surface area (Å²) in [5, 5.41) is 11.0. The first kappa shape index (κ1) is 43.2. The molecule has 0 bridgehead atoms. The van der Waals surface area contributed by atoms with E-state index in [2.05, 4.69) is 198 Å². The molecule has 0 aliphatic rings. The molecular weight excluding hydrogens is 721 g/mol. The number of phenolic OH excluding ortho intramolecular Hbond substituents is 1. The topological polar surface area (TPSA) is 54.2 Å². The maximum absolute atomic E-state index is 11.0. The molecule has 0 atom stereocenters. The van der Waals surface area contributed by atoms with E-state index in [9.17, 15) is 5.11 Å². The first-order chi connectivity index (χ1) is 27.3. The Morgan fingerprint density at radius 1 is 0.661 bits per heavy atom. The Morgan fingerprint density at radius 2 is 1.27 bits per heavy atom. The summed E-state index contributed by atoms with van der Waals surface area (Å²) < 4.78 is 2.08. The predicted molar refractivity (Wildman–Crippen MR) is 253 cm³/mol. The van der Waals surface area contributed by atoms with Crippen molar-refractivity contribution in [2.24, 2.45) is 12.5 Å². The van der Waals surface area contributed by atoms with Crippen LogP contribution in [0.15, 0.2) is 115 Å². The second-order valence-corrected chi connectivity index (χ2v) is 20.6. The number of imidazole rings is 1. The highest BCUT2D eigenvalue weighted by atomic mass is 16.3. The van der Waals surface area contributed by atoms with Crippen molar-refractivity contribution in [2.75, 3.05) is 11.9 Å². The molecule has 59 heavy (non-hydrogen) atoms. The number of pyridine rings is 1. The van der Waals surface area contributed by atoms with Crippen molar-refractivity contribution >= 4 is 22.3 Å². The average molecular weight is 787 g/mol. The third-order valence-corrected chi connectivity index (χ3v) is 12.0. The van der Waals surface area contributed by atoms with Crippen LogP contribution in [0.4, 0.5) is 5.69 Å². The van der Waals surface area contributed by atoms with E-state index in [4.69, 9.17) is 9.97 Å². The van der Waals surface area contributed by atoms with Gasteiger partial charge in [-0.05, 0) is 112 Å². The van der Waals surface area contributed by atoms with Gasteiger partial charge in [-0.15, -0.1) is 0 Å². The molecule has 0 spiro atoms. The number of aromatic hydroxyl groups is 1. The Kier molecular flexibility index (Phi) is 11.4. The second-order valence-electron chi connectivity index (χ2n) is 20.6. The molecular formula is C54H66N4O. The minimum absolute atomic E-state index is 0.000340. The molecule has 0 fully saturated rings. The molecule has 0 saturated carbocycles. The Bertz CT molecular complexity index is 2560. The van der Waals surface area contributed by atoms with E-state index >= 15 is 0 Å². The van der Waals surface area contributed by atoms with Gasteiger partial charge in [0.25, 0.3) is 0 Å². The number of aromatic nitrogens is 3. The fourth-order valence-corrected chi connectivity index (χ4v) is 7.35. The fourth-order valence-electron chi connectivity index (χ4n) is 7.35. The predicted octanol–water partition coefficient (Wildman–Crippen LogP) is 14.4. The minimum atomic E-state index is -0.0644. The molecule has 1 N–H and O–H groups in total. The molecule has 0 radical (unpaired) electrons. The summed E-state index contributed by atoms with van der Waals surface area (Å²) >= 11 is 0. The molecule has 6 aromatic rings. The van der Waals surface area contributed by atoms with Crippen LogP contribution in [0.1, 0.15) is 119 Å². The lowest BCUT2D eigenvalue weighted by Crippen LogP contribution is -2.21. The maximum atomic E-state index is 11.0. The Labute approximate surface area is 354 Å². The van der Waals surface area contributed by atoms with Gasteiger partial charge in [-0.2, -0.15) is 0 Å². The molecule has 0 aliphatic carbocycles. The first-order valence-corrected chi connectivity index (χ1v) is 21.0. The Balaban J connectivity index is 1.46. The molecule has 0 unspecified atom stereocenters. The van der Waals surface area contributed by atoms with Gasteiger partial charge in [0, 0.05) is 48.4 Å². The van der Waals surface area contributed by atoms with Crippen molar-refractivity contribution in [1.82, 2.24) is 14.5 Å². The van der Waals surface area contributed by atoms with E-state index in [1.54, 1.807) is 6.07 Å². The SMILES string of the molecule is C/C(=C(\C=C(/C)C(C)(C)C)c1ccnc(-c2cccc(-c3cccc4c3nc(-c3cc(C(C)(C)C)ccc3O)n4C)c2)c1)N(C)c1cc(C(C)(C)C)cc(C(C)(C)C)c1. The molecule has 0 amide bonds. The number of hydrogen-bond acceptors (Lipinski definition) is 4. The summed E-state index contributed by atoms with van der Waals surface area (Å²) in [6.07, 6.45) is 4.31. The largest absolute Gasteiger partial charge is 0.507 e. The summed E-state index contributed by atoms with van der Waals surface area (Å²) in [7, 11) is 4.22. The molecule has 2 heterocycles. The summed E-state index contributed by atoms with van der Waals surface area (Å²) in [5.41, 5.74) is 16.4. The number of benzene rings is 4. The van der Waals surface area contributed by atoms with E-state index in [1.165, 1.54) is 33.7 Å². The van der Waals surface area contributed by atoms with Crippen molar-refractivity contribution in [3.8, 4) is 39.5 Å². The number of anilines is 1. The zero-order valence-corrected chi connectivity index (χ0v) is 38.6. The lowest BCUT2D eigenvalue weighted by atomic mass is 9.80. The van der Waals surface area contributed by atoms with Gasteiger partial charge in [-0.25, -0.2) is 4.98 Å². The number of allylic oxidation sites excluding steroid dienone is 4. The monoisotopic (exact) mass is 787 g/mol. The standard InChI is InChI=1S/C54H66N4O/c1-34(51(3,4)5)27-44(35(2)57(15)42-31-40(53(9,10)11)30-41(32-42)54(12,13)14)37-25-26-55-46(29-37)38-20-17-19-36(28-38)43-21-18-22-47-49(43)56-50(58(47)16)45-33-39(52(6,7)8)23-24-48(45)59/h17-33,59H,1-16H3/b34-27+,44-35-. The van der Waals surface area contributed by atoms with Crippen LogP contribution in [0.2, 0.25) is 0 Å². The number of hydrogen-bond donors (Lipinski definition) is 1. The summed E-state index contributed by atoms with van der Waals surface area (Å²) in [6, 6.07) is 32.2. The maximum Gasteiger partial charge on any atom is 0.144 e. The van der Waals surface area contributed by atoms with Gasteiger partial charge in [0.15, 0.2) is 0 Å². The smallest absolute Gasteiger partial charge is 0.144 e. The number of fused-ring (bicyclic) bond motifs is 1. The Morgan fingerprint density at radius 3 is 1.88 bits per heavy atom. The average Bonchev–Trinajstić information content (AvgIpc) is 3.50. The molecule has 4 aromatic carbocycles. The highest BCUT2D eigenvalue weighted by Crippen LogP contribution is 2.40. The van der Waals surface area contributed by atoms with Crippen molar-refractivity contribution in [1.29, 1.82) is 0 Å². The van der Waals surface area contributed by atoms with Crippen LogP contribution in [0.25, 0.3) is 50.4 Å². The molecule has 6 rings (SSSR count). The van der Waals surface area contributed by atoms with Crippen molar-refractivity contribution in [3.05, 3.63) is 137 Å². The van der Waals surface area contributed by atoms with Gasteiger partial charge in [0.1, 0.15) is 11.6 Å². The highest BCUT2D eigenvalue weighted by molar-refractivity contribution is 5.95. The van der Waals surface area contributed by atoms with Gasteiger partial charge in [0.05, 0.1) is 22.3 Å².